The van der Waals surface area contributed by atoms with E-state index in [2.05, 4.69) is 0 Å². The van der Waals surface area contributed by atoms with Crippen LogP contribution in [0.1, 0.15) is 24.0 Å². The number of hydrogen-bond acceptors (Lipinski definition) is 3. The highest BCUT2D eigenvalue weighted by Crippen LogP contribution is 2.25. The van der Waals surface area contributed by atoms with E-state index in [1.54, 1.807) is 0 Å². The Morgan fingerprint density at radius 3 is 2.79 bits per heavy atom. The number of aliphatic hydroxyl groups is 1. The van der Waals surface area contributed by atoms with Crippen molar-refractivity contribution in [1.82, 2.24) is 0 Å². The molecule has 0 saturated carbocycles. The second kappa shape index (κ2) is 5.81. The average molecular weight is 303 g/mol. The van der Waals surface area contributed by atoms with E-state index in [1.165, 1.54) is 0 Å². The standard InChI is InChI=1S/C14H19ClO3S/c1-10-2-3-12(14(15)6-10)8-13(16)7-11-4-5-19(17,18)9-11/h2-3,6,11,13,16H,4-5,7-9H2,1H3. The van der Waals surface area contributed by atoms with E-state index < -0.39 is 15.9 Å². The highest BCUT2D eigenvalue weighted by molar-refractivity contribution is 7.91. The van der Waals surface area contributed by atoms with Crippen LogP contribution in [0.5, 0.6) is 0 Å². The molecule has 106 valence electrons. The van der Waals surface area contributed by atoms with Gasteiger partial charge in [-0.05, 0) is 49.3 Å². The summed E-state index contributed by atoms with van der Waals surface area (Å²) in [4.78, 5) is 0. The number of benzene rings is 1. The van der Waals surface area contributed by atoms with Crippen molar-refractivity contribution in [1.29, 1.82) is 0 Å². The topological polar surface area (TPSA) is 54.4 Å². The fourth-order valence-corrected chi connectivity index (χ4v) is 4.79. The molecule has 1 aromatic carbocycles. The lowest BCUT2D eigenvalue weighted by Gasteiger charge is -2.15. The molecule has 0 radical (unpaired) electrons. The van der Waals surface area contributed by atoms with Gasteiger partial charge in [-0.1, -0.05) is 23.7 Å². The molecule has 0 aliphatic carbocycles. The molecule has 2 rings (SSSR count). The first-order valence-electron chi connectivity index (χ1n) is 6.49. The molecule has 2 unspecified atom stereocenters. The van der Waals surface area contributed by atoms with E-state index in [9.17, 15) is 13.5 Å². The van der Waals surface area contributed by atoms with Gasteiger partial charge in [0.25, 0.3) is 0 Å². The molecule has 1 saturated heterocycles. The van der Waals surface area contributed by atoms with E-state index in [-0.39, 0.29) is 17.4 Å². The Hall–Kier alpha value is -0.580. The Kier molecular flexibility index (Phi) is 4.54. The number of halogens is 1. The first kappa shape index (κ1) is 14.8. The first-order valence-corrected chi connectivity index (χ1v) is 8.69. The van der Waals surface area contributed by atoms with Crippen LogP contribution in [-0.4, -0.2) is 31.1 Å². The highest BCUT2D eigenvalue weighted by atomic mass is 35.5. The molecular formula is C14H19ClO3S. The van der Waals surface area contributed by atoms with Gasteiger partial charge in [-0.15, -0.1) is 0 Å². The molecule has 2 atom stereocenters. The van der Waals surface area contributed by atoms with Gasteiger partial charge in [-0.3, -0.25) is 0 Å². The van der Waals surface area contributed by atoms with Crippen LogP contribution < -0.4 is 0 Å². The number of aryl methyl sites for hydroxylation is 1. The summed E-state index contributed by atoms with van der Waals surface area (Å²) in [5, 5.41) is 10.7. The molecule has 3 nitrogen and oxygen atoms in total. The zero-order chi connectivity index (χ0) is 14.0. The van der Waals surface area contributed by atoms with Gasteiger partial charge < -0.3 is 5.11 Å². The van der Waals surface area contributed by atoms with Crippen LogP contribution in [0.3, 0.4) is 0 Å². The van der Waals surface area contributed by atoms with Crippen molar-refractivity contribution in [2.24, 2.45) is 5.92 Å². The third-order valence-corrected chi connectivity index (χ3v) is 5.79. The summed E-state index contributed by atoms with van der Waals surface area (Å²) < 4.78 is 22.7. The molecule has 1 heterocycles. The van der Waals surface area contributed by atoms with Crippen molar-refractivity contribution in [3.05, 3.63) is 34.3 Å². The van der Waals surface area contributed by atoms with E-state index in [0.29, 0.717) is 24.3 Å². The second-order valence-corrected chi connectivity index (χ2v) is 8.09. The predicted octanol–water partition coefficient (Wildman–Crippen LogP) is 2.38. The summed E-state index contributed by atoms with van der Waals surface area (Å²) in [7, 11) is -2.86. The number of hydrogen-bond donors (Lipinski definition) is 1. The first-order chi connectivity index (χ1) is 8.85. The fraction of sp³-hybridized carbons (Fsp3) is 0.571. The summed E-state index contributed by atoms with van der Waals surface area (Å²) in [6.45, 7) is 1.97. The van der Waals surface area contributed by atoms with Crippen molar-refractivity contribution in [2.75, 3.05) is 11.5 Å². The molecule has 0 spiro atoms. The third kappa shape index (κ3) is 4.20. The van der Waals surface area contributed by atoms with Crippen LogP contribution in [-0.2, 0) is 16.3 Å². The Bertz CT molecular complexity index is 554. The number of rotatable bonds is 4. The van der Waals surface area contributed by atoms with Gasteiger partial charge in [0.1, 0.15) is 0 Å². The quantitative estimate of drug-likeness (QED) is 0.929. The second-order valence-electron chi connectivity index (χ2n) is 5.46. The minimum Gasteiger partial charge on any atom is -0.393 e. The molecule has 19 heavy (non-hydrogen) atoms. The Morgan fingerprint density at radius 1 is 1.47 bits per heavy atom. The molecule has 0 aromatic heterocycles. The van der Waals surface area contributed by atoms with E-state index in [1.807, 2.05) is 25.1 Å². The number of sulfone groups is 1. The van der Waals surface area contributed by atoms with Crippen molar-refractivity contribution < 1.29 is 13.5 Å². The smallest absolute Gasteiger partial charge is 0.150 e. The molecule has 1 aliphatic rings. The minimum absolute atomic E-state index is 0.0872. The zero-order valence-electron chi connectivity index (χ0n) is 11.0. The predicted molar refractivity (Wildman–Crippen MR) is 77.3 cm³/mol. The maximum absolute atomic E-state index is 11.4. The molecule has 1 fully saturated rings. The van der Waals surface area contributed by atoms with Crippen LogP contribution in [0, 0.1) is 12.8 Å². The van der Waals surface area contributed by atoms with Gasteiger partial charge in [0, 0.05) is 5.02 Å². The summed E-state index contributed by atoms with van der Waals surface area (Å²) in [5.74, 6) is 0.561. The molecular weight excluding hydrogens is 284 g/mol. The Balaban J connectivity index is 1.93. The van der Waals surface area contributed by atoms with Gasteiger partial charge in [-0.2, -0.15) is 0 Å². The minimum atomic E-state index is -2.86. The van der Waals surface area contributed by atoms with Crippen molar-refractivity contribution >= 4 is 21.4 Å². The zero-order valence-corrected chi connectivity index (χ0v) is 12.5. The van der Waals surface area contributed by atoms with E-state index >= 15 is 0 Å². The van der Waals surface area contributed by atoms with Gasteiger partial charge in [0.05, 0.1) is 17.6 Å². The lowest BCUT2D eigenvalue weighted by Crippen LogP contribution is -2.17. The van der Waals surface area contributed by atoms with Gasteiger partial charge in [0.2, 0.25) is 0 Å². The van der Waals surface area contributed by atoms with Crippen molar-refractivity contribution in [3.63, 3.8) is 0 Å². The molecule has 0 bridgehead atoms. The lowest BCUT2D eigenvalue weighted by atomic mass is 9.96. The maximum Gasteiger partial charge on any atom is 0.150 e. The Morgan fingerprint density at radius 2 is 2.21 bits per heavy atom. The largest absolute Gasteiger partial charge is 0.393 e. The van der Waals surface area contributed by atoms with E-state index in [4.69, 9.17) is 11.6 Å². The summed E-state index contributed by atoms with van der Waals surface area (Å²) in [6, 6.07) is 5.77. The average Bonchev–Trinajstić information content (AvgIpc) is 2.62. The lowest BCUT2D eigenvalue weighted by molar-refractivity contribution is 0.147. The molecule has 5 heteroatoms. The third-order valence-electron chi connectivity index (χ3n) is 3.60. The monoisotopic (exact) mass is 302 g/mol. The van der Waals surface area contributed by atoms with Gasteiger partial charge in [0.15, 0.2) is 9.84 Å². The van der Waals surface area contributed by atoms with Crippen LogP contribution in [0.2, 0.25) is 5.02 Å². The Labute approximate surface area is 119 Å². The summed E-state index contributed by atoms with van der Waals surface area (Å²) in [5.41, 5.74) is 2.01. The molecule has 0 amide bonds. The fourth-order valence-electron chi connectivity index (χ4n) is 2.60. The van der Waals surface area contributed by atoms with Gasteiger partial charge >= 0.3 is 0 Å². The van der Waals surface area contributed by atoms with E-state index in [0.717, 1.165) is 11.1 Å². The molecule has 1 aliphatic heterocycles. The maximum atomic E-state index is 11.4. The van der Waals surface area contributed by atoms with Crippen LogP contribution in [0.4, 0.5) is 0 Å². The summed E-state index contributed by atoms with van der Waals surface area (Å²) in [6.07, 6.45) is 1.15. The number of aliphatic hydroxyl groups excluding tert-OH is 1. The van der Waals surface area contributed by atoms with Crippen LogP contribution in [0.25, 0.3) is 0 Å². The van der Waals surface area contributed by atoms with Gasteiger partial charge in [-0.25, -0.2) is 8.42 Å². The van der Waals surface area contributed by atoms with Crippen LogP contribution >= 0.6 is 11.6 Å². The SMILES string of the molecule is Cc1ccc(CC(O)CC2CCS(=O)(=O)C2)c(Cl)c1. The van der Waals surface area contributed by atoms with Crippen molar-refractivity contribution in [3.8, 4) is 0 Å². The molecule has 1 N–H and O–H groups in total. The molecule has 1 aromatic rings. The van der Waals surface area contributed by atoms with Crippen LogP contribution in [0.15, 0.2) is 18.2 Å². The van der Waals surface area contributed by atoms with Crippen molar-refractivity contribution in [2.45, 2.75) is 32.3 Å². The highest BCUT2D eigenvalue weighted by Gasteiger charge is 2.29. The normalized spacial score (nSPS) is 23.4. The summed E-state index contributed by atoms with van der Waals surface area (Å²) >= 11 is 6.13.